The number of hydrogen-bond donors (Lipinski definition) is 1. The minimum atomic E-state index is -4.17. The first-order chi connectivity index (χ1) is 11.3. The standard InChI is InChI=1S/C16H13Cl2NO4S/c17-12-6-3-7-13(18)15(12)24(22,23)19-9-11-5-2-1-4-10(11)8-14(19)16(20)21/h1-7,14H,8-9H2,(H,20,21)/t14-/m1/s1. The van der Waals surface area contributed by atoms with Crippen LogP contribution >= 0.6 is 23.2 Å². The minimum Gasteiger partial charge on any atom is -0.480 e. The van der Waals surface area contributed by atoms with Crippen molar-refractivity contribution in [1.29, 1.82) is 0 Å². The molecule has 3 rings (SSSR count). The highest BCUT2D eigenvalue weighted by molar-refractivity contribution is 7.89. The van der Waals surface area contributed by atoms with E-state index in [0.29, 0.717) is 0 Å². The number of halogens is 2. The summed E-state index contributed by atoms with van der Waals surface area (Å²) in [7, 11) is -4.17. The minimum absolute atomic E-state index is 0.0366. The summed E-state index contributed by atoms with van der Waals surface area (Å²) >= 11 is 12.0. The smallest absolute Gasteiger partial charge is 0.322 e. The van der Waals surface area contributed by atoms with Gasteiger partial charge in [-0.05, 0) is 23.3 Å². The van der Waals surface area contributed by atoms with Gasteiger partial charge >= 0.3 is 5.97 Å². The summed E-state index contributed by atoms with van der Waals surface area (Å²) in [6.45, 7) is -0.0446. The zero-order valence-corrected chi connectivity index (χ0v) is 14.6. The Labute approximate surface area is 149 Å². The molecule has 2 aromatic carbocycles. The van der Waals surface area contributed by atoms with E-state index in [1.54, 1.807) is 24.3 Å². The van der Waals surface area contributed by atoms with Crippen molar-refractivity contribution in [3.8, 4) is 0 Å². The van der Waals surface area contributed by atoms with Gasteiger partial charge in [0.05, 0.1) is 10.0 Å². The highest BCUT2D eigenvalue weighted by atomic mass is 35.5. The lowest BCUT2D eigenvalue weighted by molar-refractivity contribution is -0.141. The molecule has 0 amide bonds. The Bertz CT molecular complexity index is 894. The lowest BCUT2D eigenvalue weighted by Crippen LogP contribution is -2.48. The molecule has 0 aliphatic carbocycles. The number of carboxylic acid groups (broad SMARTS) is 1. The summed E-state index contributed by atoms with van der Waals surface area (Å²) in [5.41, 5.74) is 1.59. The first-order valence-electron chi connectivity index (χ1n) is 7.08. The molecule has 1 aliphatic rings. The summed E-state index contributed by atoms with van der Waals surface area (Å²) < 4.78 is 27.0. The van der Waals surface area contributed by atoms with Crippen molar-refractivity contribution in [3.05, 3.63) is 63.6 Å². The predicted molar refractivity (Wildman–Crippen MR) is 90.8 cm³/mol. The van der Waals surface area contributed by atoms with E-state index in [9.17, 15) is 18.3 Å². The Balaban J connectivity index is 2.14. The molecule has 1 atom stereocenters. The average molecular weight is 386 g/mol. The number of rotatable bonds is 3. The van der Waals surface area contributed by atoms with Gasteiger partial charge in [0.2, 0.25) is 10.0 Å². The molecule has 1 heterocycles. The van der Waals surface area contributed by atoms with Crippen molar-refractivity contribution in [1.82, 2.24) is 4.31 Å². The first kappa shape index (κ1) is 17.2. The average Bonchev–Trinajstić information content (AvgIpc) is 2.53. The number of aliphatic carboxylic acids is 1. The summed E-state index contributed by atoms with van der Waals surface area (Å²) in [6.07, 6.45) is 0.0901. The molecule has 2 aromatic rings. The SMILES string of the molecule is O=C(O)[C@H]1Cc2ccccc2CN1S(=O)(=O)c1c(Cl)cccc1Cl. The lowest BCUT2D eigenvalue weighted by atomic mass is 9.96. The van der Waals surface area contributed by atoms with Gasteiger partial charge in [0.15, 0.2) is 0 Å². The molecule has 0 spiro atoms. The molecule has 126 valence electrons. The van der Waals surface area contributed by atoms with E-state index in [4.69, 9.17) is 23.2 Å². The molecule has 1 N–H and O–H groups in total. The van der Waals surface area contributed by atoms with Crippen molar-refractivity contribution in [2.45, 2.75) is 23.9 Å². The number of nitrogens with zero attached hydrogens (tertiary/aromatic N) is 1. The van der Waals surface area contributed by atoms with Gasteiger partial charge in [-0.2, -0.15) is 4.31 Å². The molecule has 24 heavy (non-hydrogen) atoms. The van der Waals surface area contributed by atoms with Crippen LogP contribution in [-0.2, 0) is 27.8 Å². The molecule has 0 aromatic heterocycles. The monoisotopic (exact) mass is 385 g/mol. The van der Waals surface area contributed by atoms with E-state index in [2.05, 4.69) is 0 Å². The molecule has 0 fully saturated rings. The molecular formula is C16H13Cl2NO4S. The van der Waals surface area contributed by atoms with Crippen molar-refractivity contribution in [2.24, 2.45) is 0 Å². The fourth-order valence-corrected chi connectivity index (χ4v) is 5.46. The van der Waals surface area contributed by atoms with Gasteiger partial charge < -0.3 is 5.11 Å². The maximum absolute atomic E-state index is 13.0. The van der Waals surface area contributed by atoms with Crippen LogP contribution in [0, 0.1) is 0 Å². The first-order valence-corrected chi connectivity index (χ1v) is 9.27. The van der Waals surface area contributed by atoms with Gasteiger partial charge in [-0.3, -0.25) is 4.79 Å². The highest BCUT2D eigenvalue weighted by Crippen LogP contribution is 2.35. The third-order valence-corrected chi connectivity index (χ3v) is 6.79. The number of carboxylic acids is 1. The van der Waals surface area contributed by atoms with Gasteiger partial charge in [-0.25, -0.2) is 8.42 Å². The van der Waals surface area contributed by atoms with Crippen LogP contribution in [0.2, 0.25) is 10.0 Å². The zero-order chi connectivity index (χ0) is 17.5. The summed E-state index contributed by atoms with van der Waals surface area (Å²) in [4.78, 5) is 11.4. The third kappa shape index (κ3) is 2.91. The van der Waals surface area contributed by atoms with Crippen LogP contribution in [0.25, 0.3) is 0 Å². The maximum atomic E-state index is 13.0. The van der Waals surface area contributed by atoms with Gasteiger partial charge in [-0.1, -0.05) is 53.5 Å². The number of fused-ring (bicyclic) bond motifs is 1. The number of hydrogen-bond acceptors (Lipinski definition) is 3. The van der Waals surface area contributed by atoms with Crippen LogP contribution < -0.4 is 0 Å². The largest absolute Gasteiger partial charge is 0.480 e. The van der Waals surface area contributed by atoms with E-state index in [-0.39, 0.29) is 27.9 Å². The summed E-state index contributed by atoms with van der Waals surface area (Å²) in [5.74, 6) is -1.21. The second kappa shape index (κ2) is 6.37. The Morgan fingerprint density at radius 3 is 2.21 bits per heavy atom. The van der Waals surface area contributed by atoms with Crippen molar-refractivity contribution < 1.29 is 18.3 Å². The van der Waals surface area contributed by atoms with E-state index in [1.807, 2.05) is 0 Å². The Hall–Kier alpha value is -1.60. The zero-order valence-electron chi connectivity index (χ0n) is 12.3. The second-order valence-electron chi connectivity index (χ2n) is 5.43. The number of benzene rings is 2. The van der Waals surface area contributed by atoms with Gasteiger partial charge in [0.25, 0.3) is 0 Å². The molecule has 1 aliphatic heterocycles. The van der Waals surface area contributed by atoms with Gasteiger partial charge in [0, 0.05) is 13.0 Å². The summed E-state index contributed by atoms with van der Waals surface area (Å²) in [6, 6.07) is 10.3. The van der Waals surface area contributed by atoms with Crippen molar-refractivity contribution >= 4 is 39.2 Å². The lowest BCUT2D eigenvalue weighted by Gasteiger charge is -2.33. The summed E-state index contributed by atoms with van der Waals surface area (Å²) in [5, 5.41) is 9.44. The van der Waals surface area contributed by atoms with Gasteiger partial charge in [-0.15, -0.1) is 0 Å². The fourth-order valence-electron chi connectivity index (χ4n) is 2.81. The normalized spacial score (nSPS) is 18.2. The fraction of sp³-hybridized carbons (Fsp3) is 0.188. The number of carbonyl (C=O) groups is 1. The predicted octanol–water partition coefficient (Wildman–Crippen LogP) is 3.19. The van der Waals surface area contributed by atoms with E-state index in [0.717, 1.165) is 15.4 Å². The molecular weight excluding hydrogens is 373 g/mol. The van der Waals surface area contributed by atoms with Crippen molar-refractivity contribution in [3.63, 3.8) is 0 Å². The van der Waals surface area contributed by atoms with Crippen LogP contribution in [0.1, 0.15) is 11.1 Å². The van der Waals surface area contributed by atoms with Crippen LogP contribution in [0.3, 0.4) is 0 Å². The molecule has 0 unspecified atom stereocenters. The molecule has 0 saturated heterocycles. The number of sulfonamides is 1. The molecule has 0 radical (unpaired) electrons. The molecule has 0 saturated carbocycles. The van der Waals surface area contributed by atoms with E-state index in [1.165, 1.54) is 18.2 Å². The van der Waals surface area contributed by atoms with E-state index < -0.39 is 22.0 Å². The van der Waals surface area contributed by atoms with Crippen LogP contribution in [0.15, 0.2) is 47.4 Å². The molecule has 5 nitrogen and oxygen atoms in total. The van der Waals surface area contributed by atoms with Crippen LogP contribution in [-0.4, -0.2) is 29.8 Å². The van der Waals surface area contributed by atoms with Crippen LogP contribution in [0.5, 0.6) is 0 Å². The Kier molecular flexibility index (Phi) is 4.57. The van der Waals surface area contributed by atoms with Crippen molar-refractivity contribution in [2.75, 3.05) is 0 Å². The molecule has 0 bridgehead atoms. The highest BCUT2D eigenvalue weighted by Gasteiger charge is 2.41. The van der Waals surface area contributed by atoms with Crippen LogP contribution in [0.4, 0.5) is 0 Å². The topological polar surface area (TPSA) is 74.7 Å². The second-order valence-corrected chi connectivity index (χ2v) is 8.07. The molecule has 8 heteroatoms. The van der Waals surface area contributed by atoms with E-state index >= 15 is 0 Å². The van der Waals surface area contributed by atoms with Gasteiger partial charge in [0.1, 0.15) is 10.9 Å². The third-order valence-electron chi connectivity index (χ3n) is 3.98. The Morgan fingerprint density at radius 1 is 1.04 bits per heavy atom. The maximum Gasteiger partial charge on any atom is 0.322 e. The Morgan fingerprint density at radius 2 is 1.62 bits per heavy atom. The quantitative estimate of drug-likeness (QED) is 0.879.